The lowest BCUT2D eigenvalue weighted by molar-refractivity contribution is 0.161. The summed E-state index contributed by atoms with van der Waals surface area (Å²) in [6, 6.07) is 5.64. The van der Waals surface area contributed by atoms with Gasteiger partial charge >= 0.3 is 0 Å². The Morgan fingerprint density at radius 1 is 1.50 bits per heavy atom. The van der Waals surface area contributed by atoms with Crippen molar-refractivity contribution in [2.45, 2.75) is 32.4 Å². The largest absolute Gasteiger partial charge is 0.391 e. The molecule has 4 heteroatoms. The zero-order valence-electron chi connectivity index (χ0n) is 9.57. The van der Waals surface area contributed by atoms with Crippen molar-refractivity contribution >= 4 is 11.0 Å². The number of hydrogen-bond acceptors (Lipinski definition) is 3. The van der Waals surface area contributed by atoms with Crippen LogP contribution in [0.1, 0.15) is 31.3 Å². The molecule has 0 radical (unpaired) electrons. The second-order valence-corrected chi connectivity index (χ2v) is 4.09. The summed E-state index contributed by atoms with van der Waals surface area (Å²) in [5.41, 5.74) is 8.96. The van der Waals surface area contributed by atoms with E-state index in [0.717, 1.165) is 17.5 Å². The first kappa shape index (κ1) is 11.1. The number of aliphatic hydroxyl groups is 1. The van der Waals surface area contributed by atoms with Gasteiger partial charge in [0.2, 0.25) is 0 Å². The number of hydrogen-bond donors (Lipinski definition) is 3. The zero-order valence-corrected chi connectivity index (χ0v) is 9.57. The van der Waals surface area contributed by atoms with Gasteiger partial charge in [0, 0.05) is 0 Å². The van der Waals surface area contributed by atoms with Crippen LogP contribution in [0.4, 0.5) is 0 Å². The Hall–Kier alpha value is -1.39. The molecule has 2 aromatic rings. The van der Waals surface area contributed by atoms with E-state index in [0.29, 0.717) is 5.82 Å². The van der Waals surface area contributed by atoms with E-state index in [9.17, 15) is 5.11 Å². The standard InChI is InChI=1S/C12H17N3O/c1-3-8-4-5-9-10(6-8)15-12(14-9)11(13)7(2)16/h4-7,11,16H,3,13H2,1-2H3,(H,14,15). The van der Waals surface area contributed by atoms with Crippen LogP contribution in [-0.4, -0.2) is 21.2 Å². The molecule has 4 nitrogen and oxygen atoms in total. The molecule has 0 saturated carbocycles. The van der Waals surface area contributed by atoms with Crippen molar-refractivity contribution < 1.29 is 5.11 Å². The van der Waals surface area contributed by atoms with Gasteiger partial charge in [0.15, 0.2) is 0 Å². The summed E-state index contributed by atoms with van der Waals surface area (Å²) >= 11 is 0. The molecule has 1 aromatic carbocycles. The minimum Gasteiger partial charge on any atom is -0.391 e. The topological polar surface area (TPSA) is 74.9 Å². The third-order valence-electron chi connectivity index (χ3n) is 2.81. The number of aryl methyl sites for hydroxylation is 1. The summed E-state index contributed by atoms with van der Waals surface area (Å²) in [6.45, 7) is 3.77. The molecule has 16 heavy (non-hydrogen) atoms. The average molecular weight is 219 g/mol. The predicted molar refractivity (Wildman–Crippen MR) is 64.1 cm³/mol. The number of rotatable bonds is 3. The number of fused-ring (bicyclic) bond motifs is 1. The summed E-state index contributed by atoms with van der Waals surface area (Å²) < 4.78 is 0. The normalized spacial score (nSPS) is 15.2. The third-order valence-corrected chi connectivity index (χ3v) is 2.81. The second kappa shape index (κ2) is 4.23. The predicted octanol–water partition coefficient (Wildman–Crippen LogP) is 1.51. The van der Waals surface area contributed by atoms with Gasteiger partial charge in [-0.3, -0.25) is 0 Å². The minimum absolute atomic E-state index is 0.461. The lowest BCUT2D eigenvalue weighted by Gasteiger charge is -2.10. The Morgan fingerprint density at radius 3 is 2.88 bits per heavy atom. The first-order valence-corrected chi connectivity index (χ1v) is 5.54. The van der Waals surface area contributed by atoms with E-state index in [1.54, 1.807) is 6.92 Å². The number of nitrogens with one attached hydrogen (secondary N) is 1. The second-order valence-electron chi connectivity index (χ2n) is 4.09. The Balaban J connectivity index is 2.43. The van der Waals surface area contributed by atoms with Crippen LogP contribution in [0.25, 0.3) is 11.0 Å². The van der Waals surface area contributed by atoms with Crippen molar-refractivity contribution in [3.63, 3.8) is 0 Å². The van der Waals surface area contributed by atoms with Crippen molar-refractivity contribution in [3.05, 3.63) is 29.6 Å². The van der Waals surface area contributed by atoms with E-state index < -0.39 is 12.1 Å². The highest BCUT2D eigenvalue weighted by molar-refractivity contribution is 5.76. The zero-order chi connectivity index (χ0) is 11.7. The molecule has 1 aromatic heterocycles. The van der Waals surface area contributed by atoms with Crippen LogP contribution in [0, 0.1) is 0 Å². The molecule has 4 N–H and O–H groups in total. The maximum absolute atomic E-state index is 9.42. The summed E-state index contributed by atoms with van der Waals surface area (Å²) in [4.78, 5) is 7.52. The highest BCUT2D eigenvalue weighted by atomic mass is 16.3. The summed E-state index contributed by atoms with van der Waals surface area (Å²) in [5.74, 6) is 0.637. The molecule has 0 aliphatic carbocycles. The summed E-state index contributed by atoms with van der Waals surface area (Å²) in [7, 11) is 0. The number of aromatic amines is 1. The van der Waals surface area contributed by atoms with Gasteiger partial charge in [-0.05, 0) is 31.0 Å². The van der Waals surface area contributed by atoms with E-state index >= 15 is 0 Å². The summed E-state index contributed by atoms with van der Waals surface area (Å²) in [6.07, 6.45) is 0.387. The van der Waals surface area contributed by atoms with Gasteiger partial charge in [-0.1, -0.05) is 13.0 Å². The molecular weight excluding hydrogens is 202 g/mol. The highest BCUT2D eigenvalue weighted by Crippen LogP contribution is 2.18. The Morgan fingerprint density at radius 2 is 2.25 bits per heavy atom. The molecule has 0 saturated heterocycles. The van der Waals surface area contributed by atoms with E-state index in [4.69, 9.17) is 5.73 Å². The SMILES string of the molecule is CCc1ccc2nc(C(N)C(C)O)[nH]c2c1. The average Bonchev–Trinajstić information content (AvgIpc) is 2.69. The fourth-order valence-electron chi connectivity index (χ4n) is 1.68. The number of nitrogens with zero attached hydrogens (tertiary/aromatic N) is 1. The van der Waals surface area contributed by atoms with Crippen molar-refractivity contribution in [1.29, 1.82) is 0 Å². The van der Waals surface area contributed by atoms with Crippen molar-refractivity contribution in [3.8, 4) is 0 Å². The molecule has 0 aliphatic heterocycles. The molecule has 0 amide bonds. The minimum atomic E-state index is -0.605. The fourth-order valence-corrected chi connectivity index (χ4v) is 1.68. The number of imidazole rings is 1. The van der Waals surface area contributed by atoms with Crippen molar-refractivity contribution in [1.82, 2.24) is 9.97 Å². The smallest absolute Gasteiger partial charge is 0.126 e. The number of H-pyrrole nitrogens is 1. The van der Waals surface area contributed by atoms with Crippen LogP contribution >= 0.6 is 0 Å². The van der Waals surface area contributed by atoms with Crippen molar-refractivity contribution in [2.24, 2.45) is 5.73 Å². The van der Waals surface area contributed by atoms with Crippen LogP contribution in [0.5, 0.6) is 0 Å². The van der Waals surface area contributed by atoms with Gasteiger partial charge < -0.3 is 15.8 Å². The lowest BCUT2D eigenvalue weighted by Crippen LogP contribution is -2.24. The lowest BCUT2D eigenvalue weighted by atomic mass is 10.1. The van der Waals surface area contributed by atoms with Gasteiger partial charge in [0.1, 0.15) is 5.82 Å². The van der Waals surface area contributed by atoms with Gasteiger partial charge in [0.05, 0.1) is 23.2 Å². The maximum atomic E-state index is 9.42. The molecule has 2 rings (SSSR count). The molecular formula is C12H17N3O. The van der Waals surface area contributed by atoms with Crippen LogP contribution in [0.2, 0.25) is 0 Å². The molecule has 0 aliphatic rings. The van der Waals surface area contributed by atoms with Crippen molar-refractivity contribution in [2.75, 3.05) is 0 Å². The molecule has 2 atom stereocenters. The Bertz CT molecular complexity index is 490. The van der Waals surface area contributed by atoms with Crippen LogP contribution in [0.3, 0.4) is 0 Å². The fraction of sp³-hybridized carbons (Fsp3) is 0.417. The Kier molecular flexibility index (Phi) is 2.94. The third kappa shape index (κ3) is 1.94. The van der Waals surface area contributed by atoms with Crippen LogP contribution in [0.15, 0.2) is 18.2 Å². The first-order valence-electron chi connectivity index (χ1n) is 5.54. The quantitative estimate of drug-likeness (QED) is 0.732. The molecule has 0 bridgehead atoms. The molecule has 86 valence electrons. The van der Waals surface area contributed by atoms with Crippen LogP contribution < -0.4 is 5.73 Å². The van der Waals surface area contributed by atoms with E-state index in [-0.39, 0.29) is 0 Å². The molecule has 1 heterocycles. The number of aromatic nitrogens is 2. The molecule has 0 spiro atoms. The monoisotopic (exact) mass is 219 g/mol. The van der Waals surface area contributed by atoms with Gasteiger partial charge in [-0.25, -0.2) is 4.98 Å². The van der Waals surface area contributed by atoms with Gasteiger partial charge in [-0.2, -0.15) is 0 Å². The van der Waals surface area contributed by atoms with Crippen LogP contribution in [-0.2, 0) is 6.42 Å². The highest BCUT2D eigenvalue weighted by Gasteiger charge is 2.16. The number of benzene rings is 1. The van der Waals surface area contributed by atoms with E-state index in [2.05, 4.69) is 29.0 Å². The summed E-state index contributed by atoms with van der Waals surface area (Å²) in [5, 5.41) is 9.42. The first-order chi connectivity index (χ1) is 7.61. The number of aliphatic hydroxyl groups excluding tert-OH is 1. The molecule has 2 unspecified atom stereocenters. The molecule has 0 fully saturated rings. The van der Waals surface area contributed by atoms with E-state index in [1.807, 2.05) is 6.07 Å². The van der Waals surface area contributed by atoms with Gasteiger partial charge in [0.25, 0.3) is 0 Å². The maximum Gasteiger partial charge on any atom is 0.126 e. The van der Waals surface area contributed by atoms with E-state index in [1.165, 1.54) is 5.56 Å². The Labute approximate surface area is 94.5 Å². The van der Waals surface area contributed by atoms with Gasteiger partial charge in [-0.15, -0.1) is 0 Å². The number of nitrogens with two attached hydrogens (primary N) is 1.